The van der Waals surface area contributed by atoms with E-state index >= 15 is 0 Å². The summed E-state index contributed by atoms with van der Waals surface area (Å²) in [4.78, 5) is 0. The van der Waals surface area contributed by atoms with Crippen molar-refractivity contribution in [1.82, 2.24) is 0 Å². The molecule has 3 heteroatoms. The number of hydrogen-bond donors (Lipinski definition) is 0. The maximum absolute atomic E-state index is 3.45. The van der Waals surface area contributed by atoms with E-state index in [1.165, 1.54) is 90.4 Å². The summed E-state index contributed by atoms with van der Waals surface area (Å²) in [6.07, 6.45) is 3.51. The third kappa shape index (κ3) is 9.82. The van der Waals surface area contributed by atoms with Gasteiger partial charge in [-0.05, 0) is 18.9 Å². The van der Waals surface area contributed by atoms with Crippen molar-refractivity contribution in [3.63, 3.8) is 0 Å². The molecule has 0 heterocycles. The minimum atomic E-state index is 0. The van der Waals surface area contributed by atoms with Crippen LogP contribution in [0.1, 0.15) is 80.0 Å². The van der Waals surface area contributed by atoms with Crippen molar-refractivity contribution in [3.8, 4) is 11.1 Å². The second-order valence-corrected chi connectivity index (χ2v) is 12.7. The molecular formula is C35H40Cl2Zr-2. The van der Waals surface area contributed by atoms with Crippen molar-refractivity contribution in [2.75, 3.05) is 0 Å². The van der Waals surface area contributed by atoms with Crippen LogP contribution in [-0.4, -0.2) is 3.21 Å². The topological polar surface area (TPSA) is 0 Å². The van der Waals surface area contributed by atoms with Gasteiger partial charge in [0.05, 0.1) is 0 Å². The Hall–Kier alpha value is -1.66. The zero-order valence-corrected chi connectivity index (χ0v) is 27.9. The van der Waals surface area contributed by atoms with E-state index in [0.29, 0.717) is 5.41 Å². The largest absolute Gasteiger partial charge is 1.00 e. The maximum atomic E-state index is 3.45. The van der Waals surface area contributed by atoms with Crippen LogP contribution in [0.15, 0.2) is 78.9 Å². The van der Waals surface area contributed by atoms with Crippen molar-refractivity contribution in [2.45, 2.75) is 73.1 Å². The first-order chi connectivity index (χ1) is 17.1. The van der Waals surface area contributed by atoms with E-state index in [9.17, 15) is 0 Å². The van der Waals surface area contributed by atoms with Crippen LogP contribution in [-0.2, 0) is 42.5 Å². The second-order valence-electron chi connectivity index (χ2n) is 10.9. The van der Waals surface area contributed by atoms with E-state index in [1.807, 2.05) is 6.07 Å². The third-order valence-electron chi connectivity index (χ3n) is 6.52. The minimum absolute atomic E-state index is 0. The van der Waals surface area contributed by atoms with Gasteiger partial charge in [0.1, 0.15) is 0 Å². The third-order valence-corrected chi connectivity index (χ3v) is 7.23. The van der Waals surface area contributed by atoms with Gasteiger partial charge < -0.3 is 24.8 Å². The SMILES string of the molecule is CCCc1cc(C(C)(C)C)c[cH-]1.C[C](=[Zr+2])c1ccccc1.Cc1[c-]c2c(cc1)-c1ccc(C)cc1C2.[Cl-].[Cl-]. The van der Waals surface area contributed by atoms with Gasteiger partial charge in [0.15, 0.2) is 0 Å². The number of rotatable bonds is 3. The summed E-state index contributed by atoms with van der Waals surface area (Å²) < 4.78 is 1.46. The Morgan fingerprint density at radius 1 is 0.921 bits per heavy atom. The van der Waals surface area contributed by atoms with Gasteiger partial charge in [-0.2, -0.15) is 47.0 Å². The van der Waals surface area contributed by atoms with Crippen LogP contribution in [0.2, 0.25) is 0 Å². The predicted octanol–water partition coefficient (Wildman–Crippen LogP) is 3.11. The molecule has 0 saturated carbocycles. The standard InChI is InChI=1S/C15H13.C12H19.C8H8.2ClH.Zr/c1-10-3-5-14-12(7-10)9-13-8-11(2)4-6-15(13)14;1-5-6-10-7-8-11(9-10)12(2,3)4;1-2-8-6-4-3-5-7-8;;;/h3-7H,9H2,1-2H3;7-9H,5-6H2,1-4H3;3-7H,1H3;2*1H;/q2*-1;;;;+2/p-2. The quantitative estimate of drug-likeness (QED) is 0.272. The Morgan fingerprint density at radius 2 is 1.58 bits per heavy atom. The number of halogens is 2. The van der Waals surface area contributed by atoms with Gasteiger partial charge in [-0.1, -0.05) is 82.2 Å². The van der Waals surface area contributed by atoms with Gasteiger partial charge in [0, 0.05) is 0 Å². The number of fused-ring (bicyclic) bond motifs is 3. The summed E-state index contributed by atoms with van der Waals surface area (Å²) in [6.45, 7) is 15.4. The van der Waals surface area contributed by atoms with Crippen LogP contribution < -0.4 is 24.8 Å². The fourth-order valence-corrected chi connectivity index (χ4v) is 4.87. The molecule has 0 bridgehead atoms. The van der Waals surface area contributed by atoms with Crippen molar-refractivity contribution in [3.05, 3.63) is 124 Å². The molecule has 0 radical (unpaired) electrons. The van der Waals surface area contributed by atoms with Crippen molar-refractivity contribution in [2.24, 2.45) is 0 Å². The molecule has 0 unspecified atom stereocenters. The van der Waals surface area contributed by atoms with Crippen LogP contribution in [0.3, 0.4) is 0 Å². The Kier molecular flexibility index (Phi) is 14.3. The number of benzene rings is 3. The summed E-state index contributed by atoms with van der Waals surface area (Å²) in [6, 6.07) is 31.9. The molecule has 5 rings (SSSR count). The Bertz CT molecular complexity index is 1240. The molecule has 4 aromatic rings. The molecule has 38 heavy (non-hydrogen) atoms. The fourth-order valence-electron chi connectivity index (χ4n) is 4.46. The van der Waals surface area contributed by atoms with Gasteiger partial charge in [0.2, 0.25) is 0 Å². The molecule has 4 aromatic carbocycles. The normalized spacial score (nSPS) is 10.9. The number of hydrogen-bond acceptors (Lipinski definition) is 0. The van der Waals surface area contributed by atoms with Crippen LogP contribution in [0.4, 0.5) is 0 Å². The summed E-state index contributed by atoms with van der Waals surface area (Å²) in [5, 5.41) is 0. The van der Waals surface area contributed by atoms with Gasteiger partial charge in [0.25, 0.3) is 0 Å². The zero-order chi connectivity index (χ0) is 26.3. The molecule has 0 aliphatic heterocycles. The summed E-state index contributed by atoms with van der Waals surface area (Å²) in [5.41, 5.74) is 12.8. The van der Waals surface area contributed by atoms with Crippen molar-refractivity contribution < 1.29 is 49.0 Å². The van der Waals surface area contributed by atoms with E-state index in [4.69, 9.17) is 0 Å². The first kappa shape index (κ1) is 34.4. The molecule has 0 fully saturated rings. The average molecular weight is 623 g/mol. The van der Waals surface area contributed by atoms with Crippen LogP contribution >= 0.6 is 0 Å². The van der Waals surface area contributed by atoms with Crippen LogP contribution in [0.5, 0.6) is 0 Å². The molecular weight excluding hydrogens is 583 g/mol. The maximum Gasteiger partial charge on any atom is -0.0253 e. The van der Waals surface area contributed by atoms with E-state index in [2.05, 4.69) is 127 Å². The molecule has 0 saturated heterocycles. The predicted molar refractivity (Wildman–Crippen MR) is 154 cm³/mol. The monoisotopic (exact) mass is 620 g/mol. The smallest absolute Gasteiger partial charge is 0.0253 e. The summed E-state index contributed by atoms with van der Waals surface area (Å²) >= 11 is 1.51. The Morgan fingerprint density at radius 3 is 2.13 bits per heavy atom. The van der Waals surface area contributed by atoms with Crippen LogP contribution in [0.25, 0.3) is 11.1 Å². The van der Waals surface area contributed by atoms with E-state index in [0.717, 1.165) is 6.42 Å². The molecule has 1 aliphatic rings. The summed E-state index contributed by atoms with van der Waals surface area (Å²) in [7, 11) is 0. The molecule has 200 valence electrons. The van der Waals surface area contributed by atoms with Gasteiger partial charge >= 0.3 is 70.3 Å². The molecule has 0 aromatic heterocycles. The van der Waals surface area contributed by atoms with E-state index in [1.54, 1.807) is 0 Å². The first-order valence-electron chi connectivity index (χ1n) is 13.1. The second kappa shape index (κ2) is 15.8. The molecule has 0 nitrogen and oxygen atoms in total. The average Bonchev–Trinajstić information content (AvgIpc) is 3.44. The van der Waals surface area contributed by atoms with Gasteiger partial charge in [-0.25, -0.2) is 6.07 Å². The van der Waals surface area contributed by atoms with Crippen molar-refractivity contribution in [1.29, 1.82) is 0 Å². The first-order valence-corrected chi connectivity index (χ1v) is 14.3. The van der Waals surface area contributed by atoms with E-state index < -0.39 is 0 Å². The van der Waals surface area contributed by atoms with Gasteiger partial charge in [-0.3, -0.25) is 0 Å². The molecule has 1 aliphatic carbocycles. The summed E-state index contributed by atoms with van der Waals surface area (Å²) in [5.74, 6) is 0. The fraction of sp³-hybridized carbons (Fsp3) is 0.314. The van der Waals surface area contributed by atoms with E-state index in [-0.39, 0.29) is 24.8 Å². The molecule has 0 N–H and O–H groups in total. The van der Waals surface area contributed by atoms with Crippen molar-refractivity contribution >= 4 is 3.21 Å². The Balaban J connectivity index is 0.000000287. The van der Waals surface area contributed by atoms with Gasteiger partial charge in [-0.15, -0.1) is 11.1 Å². The molecule has 0 atom stereocenters. The number of aryl methyl sites for hydroxylation is 3. The Labute approximate surface area is 258 Å². The molecule has 0 amide bonds. The molecule has 0 spiro atoms. The zero-order valence-electron chi connectivity index (χ0n) is 23.9. The minimum Gasteiger partial charge on any atom is -1.00 e. The van der Waals surface area contributed by atoms with Crippen LogP contribution in [0, 0.1) is 19.9 Å².